The number of fused-ring (bicyclic) bond motifs is 1. The van der Waals surface area contributed by atoms with E-state index in [1.54, 1.807) is 0 Å². The molecule has 0 aliphatic heterocycles. The van der Waals surface area contributed by atoms with Gasteiger partial charge in [0, 0.05) is 23.0 Å². The van der Waals surface area contributed by atoms with Gasteiger partial charge in [-0.1, -0.05) is 0 Å². The molecule has 1 atom stereocenters. The number of nitrogens with zero attached hydrogens (tertiary/aromatic N) is 3. The Balaban J connectivity index is 1.45. The molecule has 1 aromatic carbocycles. The summed E-state index contributed by atoms with van der Waals surface area (Å²) in [5.74, 6) is -0.0307. The fourth-order valence-corrected chi connectivity index (χ4v) is 3.45. The topological polar surface area (TPSA) is 75.6 Å². The van der Waals surface area contributed by atoms with Crippen LogP contribution >= 0.6 is 0 Å². The number of aryl methyl sites for hydroxylation is 3. The van der Waals surface area contributed by atoms with E-state index in [1.807, 2.05) is 55.1 Å². The van der Waals surface area contributed by atoms with Gasteiger partial charge in [0.1, 0.15) is 0 Å². The zero-order valence-electron chi connectivity index (χ0n) is 14.4. The Hall–Kier alpha value is -2.89. The minimum Gasteiger partial charge on any atom is -0.349 e. The third kappa shape index (κ3) is 3.07. The number of hydrogen-bond acceptors (Lipinski definition) is 3. The maximum absolute atomic E-state index is 12.5. The van der Waals surface area contributed by atoms with Gasteiger partial charge in [0.05, 0.1) is 17.6 Å². The number of nitrogens with one attached hydrogen (secondary N) is 2. The number of amides is 1. The van der Waals surface area contributed by atoms with Crippen molar-refractivity contribution in [2.45, 2.75) is 39.2 Å². The lowest BCUT2D eigenvalue weighted by Gasteiger charge is -2.22. The number of aromatic amines is 1. The molecule has 0 radical (unpaired) electrons. The quantitative estimate of drug-likeness (QED) is 0.772. The minimum absolute atomic E-state index is 0.0307. The van der Waals surface area contributed by atoms with Crippen LogP contribution in [0.25, 0.3) is 5.69 Å². The van der Waals surface area contributed by atoms with E-state index in [-0.39, 0.29) is 11.9 Å². The van der Waals surface area contributed by atoms with Crippen molar-refractivity contribution < 1.29 is 4.79 Å². The standard InChI is InChI=1S/C19H21N5O/c1-12-9-13(2)24(23-12)17-6-3-14(4-7-17)19(25)21-16-5-8-18-15(10-16)11-20-22-18/h3-4,6-7,9,11,16H,5,8,10H2,1-2H3,(H,20,22)(H,21,25)/t16-/m1/s1. The molecule has 3 aromatic rings. The van der Waals surface area contributed by atoms with Gasteiger partial charge >= 0.3 is 0 Å². The van der Waals surface area contributed by atoms with E-state index >= 15 is 0 Å². The minimum atomic E-state index is -0.0307. The molecule has 0 saturated heterocycles. The molecule has 25 heavy (non-hydrogen) atoms. The van der Waals surface area contributed by atoms with Crippen molar-refractivity contribution in [2.24, 2.45) is 0 Å². The third-order valence-electron chi connectivity index (χ3n) is 4.74. The number of carbonyl (C=O) groups excluding carboxylic acids is 1. The SMILES string of the molecule is Cc1cc(C)n(-c2ccc(C(=O)N[C@@H]3CCc4[nH]ncc4C3)cc2)n1. The van der Waals surface area contributed by atoms with Crippen LogP contribution in [0.1, 0.15) is 39.4 Å². The molecular formula is C19H21N5O. The summed E-state index contributed by atoms with van der Waals surface area (Å²) in [6, 6.07) is 9.77. The predicted molar refractivity (Wildman–Crippen MR) is 94.9 cm³/mol. The summed E-state index contributed by atoms with van der Waals surface area (Å²) in [6.07, 6.45) is 4.56. The van der Waals surface area contributed by atoms with Gasteiger partial charge < -0.3 is 5.32 Å². The maximum atomic E-state index is 12.5. The Bertz CT molecular complexity index is 906. The van der Waals surface area contributed by atoms with Crippen LogP contribution < -0.4 is 5.32 Å². The Morgan fingerprint density at radius 1 is 1.28 bits per heavy atom. The lowest BCUT2D eigenvalue weighted by Crippen LogP contribution is -2.38. The highest BCUT2D eigenvalue weighted by Crippen LogP contribution is 2.19. The highest BCUT2D eigenvalue weighted by molar-refractivity contribution is 5.94. The second-order valence-corrected chi connectivity index (χ2v) is 6.67. The van der Waals surface area contributed by atoms with Crippen LogP contribution in [-0.4, -0.2) is 31.9 Å². The molecular weight excluding hydrogens is 314 g/mol. The van der Waals surface area contributed by atoms with E-state index in [9.17, 15) is 4.79 Å². The van der Waals surface area contributed by atoms with Crippen LogP contribution in [0.5, 0.6) is 0 Å². The highest BCUT2D eigenvalue weighted by atomic mass is 16.1. The monoisotopic (exact) mass is 335 g/mol. The van der Waals surface area contributed by atoms with Crippen LogP contribution in [0, 0.1) is 13.8 Å². The van der Waals surface area contributed by atoms with Crippen LogP contribution in [0.2, 0.25) is 0 Å². The molecule has 0 saturated carbocycles. The number of aromatic nitrogens is 4. The van der Waals surface area contributed by atoms with Crippen molar-refractivity contribution in [3.63, 3.8) is 0 Å². The first-order chi connectivity index (χ1) is 12.1. The fourth-order valence-electron chi connectivity index (χ4n) is 3.45. The number of H-pyrrole nitrogens is 1. The van der Waals surface area contributed by atoms with E-state index in [2.05, 4.69) is 20.6 Å². The van der Waals surface area contributed by atoms with E-state index in [0.29, 0.717) is 5.56 Å². The van der Waals surface area contributed by atoms with Crippen molar-refractivity contribution in [1.29, 1.82) is 0 Å². The molecule has 2 heterocycles. The maximum Gasteiger partial charge on any atom is 0.251 e. The van der Waals surface area contributed by atoms with Crippen molar-refractivity contribution in [1.82, 2.24) is 25.3 Å². The molecule has 0 fully saturated rings. The number of hydrogen-bond donors (Lipinski definition) is 2. The Morgan fingerprint density at radius 3 is 2.80 bits per heavy atom. The van der Waals surface area contributed by atoms with Gasteiger partial charge in [-0.15, -0.1) is 0 Å². The van der Waals surface area contributed by atoms with Gasteiger partial charge in [-0.25, -0.2) is 4.68 Å². The Kier molecular flexibility index (Phi) is 3.87. The van der Waals surface area contributed by atoms with Crippen molar-refractivity contribution >= 4 is 5.91 Å². The van der Waals surface area contributed by atoms with Gasteiger partial charge in [-0.05, 0) is 69.0 Å². The molecule has 0 bridgehead atoms. The van der Waals surface area contributed by atoms with E-state index in [1.165, 1.54) is 11.3 Å². The lowest BCUT2D eigenvalue weighted by molar-refractivity contribution is 0.0933. The largest absolute Gasteiger partial charge is 0.349 e. The first-order valence-corrected chi connectivity index (χ1v) is 8.56. The van der Waals surface area contributed by atoms with Crippen LogP contribution in [0.15, 0.2) is 36.5 Å². The van der Waals surface area contributed by atoms with Gasteiger partial charge in [0.15, 0.2) is 0 Å². The molecule has 128 valence electrons. The second-order valence-electron chi connectivity index (χ2n) is 6.67. The molecule has 1 aliphatic carbocycles. The molecule has 2 N–H and O–H groups in total. The van der Waals surface area contributed by atoms with Crippen molar-refractivity contribution in [3.8, 4) is 5.69 Å². The predicted octanol–water partition coefficient (Wildman–Crippen LogP) is 2.50. The average molecular weight is 335 g/mol. The van der Waals surface area contributed by atoms with Gasteiger partial charge in [0.2, 0.25) is 0 Å². The van der Waals surface area contributed by atoms with E-state index in [4.69, 9.17) is 0 Å². The van der Waals surface area contributed by atoms with Crippen molar-refractivity contribution in [2.75, 3.05) is 0 Å². The molecule has 6 heteroatoms. The normalized spacial score (nSPS) is 16.5. The first-order valence-electron chi connectivity index (χ1n) is 8.56. The summed E-state index contributed by atoms with van der Waals surface area (Å²) < 4.78 is 1.89. The summed E-state index contributed by atoms with van der Waals surface area (Å²) in [6.45, 7) is 3.99. The number of rotatable bonds is 3. The summed E-state index contributed by atoms with van der Waals surface area (Å²) in [5, 5.41) is 14.7. The Labute approximate surface area is 146 Å². The molecule has 6 nitrogen and oxygen atoms in total. The third-order valence-corrected chi connectivity index (χ3v) is 4.74. The van der Waals surface area contributed by atoms with Gasteiger partial charge in [-0.2, -0.15) is 10.2 Å². The van der Waals surface area contributed by atoms with Gasteiger partial charge in [-0.3, -0.25) is 9.89 Å². The summed E-state index contributed by atoms with van der Waals surface area (Å²) >= 11 is 0. The number of carbonyl (C=O) groups is 1. The average Bonchev–Trinajstić information content (AvgIpc) is 3.20. The van der Waals surface area contributed by atoms with E-state index in [0.717, 1.165) is 36.3 Å². The Morgan fingerprint density at radius 2 is 2.08 bits per heavy atom. The lowest BCUT2D eigenvalue weighted by atomic mass is 9.93. The zero-order chi connectivity index (χ0) is 17.4. The summed E-state index contributed by atoms with van der Waals surface area (Å²) in [7, 11) is 0. The second kappa shape index (κ2) is 6.20. The highest BCUT2D eigenvalue weighted by Gasteiger charge is 2.22. The van der Waals surface area contributed by atoms with E-state index < -0.39 is 0 Å². The fraction of sp³-hybridized carbons (Fsp3) is 0.316. The molecule has 4 rings (SSSR count). The smallest absolute Gasteiger partial charge is 0.251 e. The molecule has 2 aromatic heterocycles. The van der Waals surface area contributed by atoms with Gasteiger partial charge in [0.25, 0.3) is 5.91 Å². The zero-order valence-corrected chi connectivity index (χ0v) is 14.4. The molecule has 0 spiro atoms. The number of benzene rings is 1. The summed E-state index contributed by atoms with van der Waals surface area (Å²) in [5.41, 5.74) is 6.09. The molecule has 1 aliphatic rings. The van der Waals surface area contributed by atoms with Crippen LogP contribution in [0.3, 0.4) is 0 Å². The van der Waals surface area contributed by atoms with Crippen LogP contribution in [-0.2, 0) is 12.8 Å². The summed E-state index contributed by atoms with van der Waals surface area (Å²) in [4.78, 5) is 12.5. The van der Waals surface area contributed by atoms with Crippen molar-refractivity contribution in [3.05, 3.63) is 64.7 Å². The molecule has 1 amide bonds. The molecule has 0 unspecified atom stereocenters. The first kappa shape index (κ1) is 15.6. The van der Waals surface area contributed by atoms with Crippen LogP contribution in [0.4, 0.5) is 0 Å².